The van der Waals surface area contributed by atoms with E-state index in [0.29, 0.717) is 12.5 Å². The number of nitrogens with zero attached hydrogens (tertiary/aromatic N) is 4. The quantitative estimate of drug-likeness (QED) is 0.232. The van der Waals surface area contributed by atoms with Crippen LogP contribution in [0.2, 0.25) is 0 Å². The lowest BCUT2D eigenvalue weighted by molar-refractivity contribution is 0.477. The Kier molecular flexibility index (Phi) is 7.79. The molecule has 2 N–H and O–H groups in total. The molecule has 0 unspecified atom stereocenters. The van der Waals surface area contributed by atoms with Crippen LogP contribution in [-0.2, 0) is 19.5 Å². The Bertz CT molecular complexity index is 991. The molecule has 0 aliphatic heterocycles. The number of aromatic nitrogens is 3. The Hall–Kier alpha value is -2.48. The molecule has 0 saturated carbocycles. The summed E-state index contributed by atoms with van der Waals surface area (Å²) >= 11 is 1.65. The lowest BCUT2D eigenvalue weighted by Crippen LogP contribution is -2.37. The lowest BCUT2D eigenvalue weighted by atomic mass is 10.1. The Labute approximate surface area is 182 Å². The highest BCUT2D eigenvalue weighted by Crippen LogP contribution is 2.24. The van der Waals surface area contributed by atoms with Gasteiger partial charge in [0, 0.05) is 37.5 Å². The molecule has 3 rings (SSSR count). The fraction of sp³-hybridized carbons (Fsp3) is 0.500. The molecular weight excluding hydrogens is 396 g/mol. The molecule has 0 radical (unpaired) electrons. The van der Waals surface area contributed by atoms with Crippen LogP contribution in [0.25, 0.3) is 11.0 Å². The minimum absolute atomic E-state index is 0.563. The zero-order valence-corrected chi connectivity index (χ0v) is 19.3. The highest BCUT2D eigenvalue weighted by molar-refractivity contribution is 7.98. The van der Waals surface area contributed by atoms with Gasteiger partial charge in [-0.15, -0.1) is 10.2 Å². The maximum absolute atomic E-state index is 5.97. The normalized spacial score (nSPS) is 12.1. The third kappa shape index (κ3) is 5.36. The molecule has 0 atom stereocenters. The van der Waals surface area contributed by atoms with Crippen molar-refractivity contribution in [1.82, 2.24) is 25.4 Å². The summed E-state index contributed by atoms with van der Waals surface area (Å²) < 4.78 is 8.21. The molecule has 3 aromatic rings. The Morgan fingerprint density at radius 2 is 2.03 bits per heavy atom. The van der Waals surface area contributed by atoms with Gasteiger partial charge in [-0.25, -0.2) is 0 Å². The average molecular weight is 429 g/mol. The van der Waals surface area contributed by atoms with Crippen LogP contribution >= 0.6 is 11.8 Å². The number of nitrogens with one attached hydrogen (secondary N) is 2. The zero-order chi connectivity index (χ0) is 21.5. The zero-order valence-electron chi connectivity index (χ0n) is 18.5. The van der Waals surface area contributed by atoms with Crippen molar-refractivity contribution in [3.8, 4) is 0 Å². The summed E-state index contributed by atoms with van der Waals surface area (Å²) in [6.45, 7) is 8.88. The van der Waals surface area contributed by atoms with Crippen molar-refractivity contribution >= 4 is 28.7 Å². The van der Waals surface area contributed by atoms with Crippen LogP contribution in [-0.4, -0.2) is 40.6 Å². The average Bonchev–Trinajstić information content (AvgIpc) is 3.27. The highest BCUT2D eigenvalue weighted by atomic mass is 32.2. The molecule has 8 heteroatoms. The third-order valence-electron chi connectivity index (χ3n) is 4.98. The van der Waals surface area contributed by atoms with E-state index in [1.165, 1.54) is 5.56 Å². The van der Waals surface area contributed by atoms with E-state index >= 15 is 0 Å². The standard InChI is InChI=1S/C22H32N6OS/c1-15(2)14-28-20(26-27-22(28)30-5)11-8-12-24-21(23-4)25-13-19-16(3)17-9-6-7-10-18(17)29-19/h6-7,9-10,15H,8,11-14H2,1-5H3,(H2,23,24,25). The number of rotatable bonds is 9. The molecule has 0 saturated heterocycles. The second-order valence-corrected chi connectivity index (χ2v) is 8.48. The molecule has 0 bridgehead atoms. The van der Waals surface area contributed by atoms with E-state index < -0.39 is 0 Å². The first-order chi connectivity index (χ1) is 14.5. The SMILES string of the molecule is CN=C(NCCCc1nnc(SC)n1CC(C)C)NCc1oc2ccccc2c1C. The van der Waals surface area contributed by atoms with E-state index in [0.717, 1.165) is 59.6 Å². The minimum Gasteiger partial charge on any atom is -0.459 e. The van der Waals surface area contributed by atoms with Gasteiger partial charge in [0.05, 0.1) is 6.54 Å². The molecule has 0 fully saturated rings. The first kappa shape index (κ1) is 22.2. The van der Waals surface area contributed by atoms with Gasteiger partial charge in [0.25, 0.3) is 0 Å². The number of hydrogen-bond donors (Lipinski definition) is 2. The summed E-state index contributed by atoms with van der Waals surface area (Å²) in [6.07, 6.45) is 3.88. The Morgan fingerprint density at radius 3 is 2.73 bits per heavy atom. The first-order valence-electron chi connectivity index (χ1n) is 10.4. The van der Waals surface area contributed by atoms with Gasteiger partial charge in [-0.1, -0.05) is 43.8 Å². The van der Waals surface area contributed by atoms with Gasteiger partial charge < -0.3 is 19.6 Å². The van der Waals surface area contributed by atoms with E-state index in [1.807, 2.05) is 24.5 Å². The largest absolute Gasteiger partial charge is 0.459 e. The molecule has 0 aliphatic rings. The Morgan fingerprint density at radius 1 is 1.23 bits per heavy atom. The van der Waals surface area contributed by atoms with Crippen molar-refractivity contribution in [3.05, 3.63) is 41.4 Å². The second-order valence-electron chi connectivity index (χ2n) is 7.71. The summed E-state index contributed by atoms with van der Waals surface area (Å²) in [6, 6.07) is 8.12. The predicted molar refractivity (Wildman–Crippen MR) is 124 cm³/mol. The number of hydrogen-bond acceptors (Lipinski definition) is 5. The number of para-hydroxylation sites is 1. The Balaban J connectivity index is 1.49. The number of benzene rings is 1. The summed E-state index contributed by atoms with van der Waals surface area (Å²) in [7, 11) is 1.78. The van der Waals surface area contributed by atoms with Gasteiger partial charge in [-0.05, 0) is 31.6 Å². The molecule has 7 nitrogen and oxygen atoms in total. The molecule has 0 aliphatic carbocycles. The molecule has 2 heterocycles. The summed E-state index contributed by atoms with van der Waals surface area (Å²) in [5, 5.41) is 17.6. The number of furan rings is 1. The van der Waals surface area contributed by atoms with E-state index in [1.54, 1.807) is 18.8 Å². The van der Waals surface area contributed by atoms with Gasteiger partial charge in [-0.2, -0.15) is 0 Å². The van der Waals surface area contributed by atoms with Crippen LogP contribution in [0.1, 0.15) is 37.4 Å². The molecule has 1 aromatic carbocycles. The summed E-state index contributed by atoms with van der Waals surface area (Å²) in [5.41, 5.74) is 2.09. The van der Waals surface area contributed by atoms with E-state index in [2.05, 4.69) is 57.2 Å². The highest BCUT2D eigenvalue weighted by Gasteiger charge is 2.13. The van der Waals surface area contributed by atoms with Gasteiger partial charge >= 0.3 is 0 Å². The van der Waals surface area contributed by atoms with Crippen LogP contribution in [0, 0.1) is 12.8 Å². The minimum atomic E-state index is 0.563. The van der Waals surface area contributed by atoms with Crippen molar-refractivity contribution in [3.63, 3.8) is 0 Å². The number of guanidine groups is 1. The second kappa shape index (κ2) is 10.5. The van der Waals surface area contributed by atoms with Crippen molar-refractivity contribution < 1.29 is 4.42 Å². The van der Waals surface area contributed by atoms with Crippen LogP contribution in [0.5, 0.6) is 0 Å². The smallest absolute Gasteiger partial charge is 0.191 e. The maximum atomic E-state index is 5.97. The van der Waals surface area contributed by atoms with Crippen molar-refractivity contribution in [2.45, 2.75) is 51.9 Å². The van der Waals surface area contributed by atoms with E-state index in [9.17, 15) is 0 Å². The topological polar surface area (TPSA) is 80.3 Å². The monoisotopic (exact) mass is 428 g/mol. The summed E-state index contributed by atoms with van der Waals surface area (Å²) in [5.74, 6) is 3.32. The van der Waals surface area contributed by atoms with Crippen LogP contribution in [0.3, 0.4) is 0 Å². The fourth-order valence-electron chi connectivity index (χ4n) is 3.43. The third-order valence-corrected chi connectivity index (χ3v) is 5.64. The van der Waals surface area contributed by atoms with Crippen molar-refractivity contribution in [2.24, 2.45) is 10.9 Å². The molecule has 162 valence electrons. The number of aliphatic imine (C=N–C) groups is 1. The summed E-state index contributed by atoms with van der Waals surface area (Å²) in [4.78, 5) is 4.32. The number of aryl methyl sites for hydroxylation is 2. The molecule has 0 spiro atoms. The van der Waals surface area contributed by atoms with Crippen LogP contribution in [0.15, 0.2) is 38.8 Å². The van der Waals surface area contributed by atoms with Gasteiger partial charge in [0.2, 0.25) is 0 Å². The van der Waals surface area contributed by atoms with Crippen LogP contribution < -0.4 is 10.6 Å². The first-order valence-corrected chi connectivity index (χ1v) is 11.6. The van der Waals surface area contributed by atoms with Crippen LogP contribution in [0.4, 0.5) is 0 Å². The molecular formula is C22H32N6OS. The van der Waals surface area contributed by atoms with Gasteiger partial charge in [0.15, 0.2) is 11.1 Å². The number of fused-ring (bicyclic) bond motifs is 1. The van der Waals surface area contributed by atoms with E-state index in [-0.39, 0.29) is 0 Å². The molecule has 30 heavy (non-hydrogen) atoms. The maximum Gasteiger partial charge on any atom is 0.191 e. The van der Waals surface area contributed by atoms with E-state index in [4.69, 9.17) is 4.42 Å². The van der Waals surface area contributed by atoms with Gasteiger partial charge in [-0.3, -0.25) is 4.99 Å². The predicted octanol–water partition coefficient (Wildman–Crippen LogP) is 4.01. The fourth-order valence-corrected chi connectivity index (χ4v) is 3.96. The molecule has 0 amide bonds. The van der Waals surface area contributed by atoms with Crippen molar-refractivity contribution in [2.75, 3.05) is 19.8 Å². The van der Waals surface area contributed by atoms with Gasteiger partial charge in [0.1, 0.15) is 17.2 Å². The molecule has 2 aromatic heterocycles. The number of thioether (sulfide) groups is 1. The lowest BCUT2D eigenvalue weighted by Gasteiger charge is -2.13. The van der Waals surface area contributed by atoms with Crippen molar-refractivity contribution in [1.29, 1.82) is 0 Å².